The third-order valence-corrected chi connectivity index (χ3v) is 5.18. The Morgan fingerprint density at radius 2 is 2.32 bits per heavy atom. The first-order valence-electron chi connectivity index (χ1n) is 7.73. The van der Waals surface area contributed by atoms with Gasteiger partial charge >= 0.3 is 0 Å². The van der Waals surface area contributed by atoms with E-state index >= 15 is 0 Å². The molecule has 3 heteroatoms. The number of nitrogens with zero attached hydrogens (tertiary/aromatic N) is 1. The monoisotopic (exact) mass is 280 g/mol. The number of hydrogen-bond acceptors (Lipinski definition) is 3. The van der Waals surface area contributed by atoms with Gasteiger partial charge in [-0.2, -0.15) is 11.3 Å². The summed E-state index contributed by atoms with van der Waals surface area (Å²) in [4.78, 5) is 2.72. The average Bonchev–Trinajstić information content (AvgIpc) is 2.91. The highest BCUT2D eigenvalue weighted by Gasteiger charge is 2.30. The van der Waals surface area contributed by atoms with Gasteiger partial charge < -0.3 is 5.32 Å². The van der Waals surface area contributed by atoms with Crippen LogP contribution in [0.1, 0.15) is 45.6 Å². The van der Waals surface area contributed by atoms with E-state index in [0.717, 1.165) is 19.0 Å². The van der Waals surface area contributed by atoms with Crippen LogP contribution in [-0.4, -0.2) is 30.1 Å². The molecule has 2 heterocycles. The van der Waals surface area contributed by atoms with Gasteiger partial charge in [0.05, 0.1) is 0 Å². The van der Waals surface area contributed by atoms with Gasteiger partial charge in [-0.3, -0.25) is 4.90 Å². The van der Waals surface area contributed by atoms with Crippen LogP contribution in [0, 0.1) is 5.92 Å². The zero-order chi connectivity index (χ0) is 13.7. The summed E-state index contributed by atoms with van der Waals surface area (Å²) in [7, 11) is 0. The number of piperazine rings is 1. The molecule has 1 aromatic rings. The summed E-state index contributed by atoms with van der Waals surface area (Å²) in [5.74, 6) is 0.772. The topological polar surface area (TPSA) is 15.3 Å². The lowest BCUT2D eigenvalue weighted by Crippen LogP contribution is -2.57. The molecule has 0 aromatic carbocycles. The van der Waals surface area contributed by atoms with Gasteiger partial charge in [-0.1, -0.05) is 33.6 Å². The highest BCUT2D eigenvalue weighted by atomic mass is 32.1. The molecule has 1 N–H and O–H groups in total. The van der Waals surface area contributed by atoms with Gasteiger partial charge in [-0.05, 0) is 34.7 Å². The first-order chi connectivity index (χ1) is 9.24. The van der Waals surface area contributed by atoms with Crippen LogP contribution in [0.4, 0.5) is 0 Å². The van der Waals surface area contributed by atoms with Crippen molar-refractivity contribution in [1.29, 1.82) is 0 Å². The lowest BCUT2D eigenvalue weighted by atomic mass is 9.93. The smallest absolute Gasteiger partial charge is 0.0250 e. The molecule has 1 fully saturated rings. The van der Waals surface area contributed by atoms with Crippen LogP contribution >= 0.6 is 11.3 Å². The predicted octanol–water partition coefficient (Wildman–Crippen LogP) is 3.74. The van der Waals surface area contributed by atoms with Crippen LogP contribution in [0.3, 0.4) is 0 Å². The van der Waals surface area contributed by atoms with E-state index < -0.39 is 0 Å². The van der Waals surface area contributed by atoms with Crippen LogP contribution in [0.2, 0.25) is 0 Å². The summed E-state index contributed by atoms with van der Waals surface area (Å²) in [5, 5.41) is 8.25. The number of nitrogens with one attached hydrogen (secondary N) is 1. The fourth-order valence-electron chi connectivity index (χ4n) is 3.07. The normalized spacial score (nSPS) is 26.5. The van der Waals surface area contributed by atoms with Crippen molar-refractivity contribution >= 4 is 11.3 Å². The molecule has 1 aliphatic rings. The second-order valence-electron chi connectivity index (χ2n) is 5.91. The Kier molecular flexibility index (Phi) is 5.86. The Bertz CT molecular complexity index is 350. The lowest BCUT2D eigenvalue weighted by molar-refractivity contribution is 0.0819. The van der Waals surface area contributed by atoms with Gasteiger partial charge in [0.1, 0.15) is 0 Å². The average molecular weight is 280 g/mol. The van der Waals surface area contributed by atoms with E-state index in [1.807, 2.05) is 11.3 Å². The first kappa shape index (κ1) is 15.0. The minimum Gasteiger partial charge on any atom is -0.311 e. The molecule has 0 aliphatic carbocycles. The number of thiophene rings is 1. The molecule has 0 amide bonds. The second kappa shape index (κ2) is 7.41. The molecule has 1 saturated heterocycles. The quantitative estimate of drug-likeness (QED) is 0.854. The fraction of sp³-hybridized carbons (Fsp3) is 0.750. The van der Waals surface area contributed by atoms with Crippen molar-refractivity contribution in [2.45, 2.75) is 58.7 Å². The van der Waals surface area contributed by atoms with Gasteiger partial charge in [-0.25, -0.2) is 0 Å². The summed E-state index contributed by atoms with van der Waals surface area (Å²) >= 11 is 1.81. The molecule has 2 nitrogen and oxygen atoms in total. The van der Waals surface area contributed by atoms with Gasteiger partial charge in [0.15, 0.2) is 0 Å². The minimum atomic E-state index is 0.684. The van der Waals surface area contributed by atoms with Crippen molar-refractivity contribution in [3.8, 4) is 0 Å². The Hall–Kier alpha value is -0.380. The molecule has 0 saturated carbocycles. The van der Waals surface area contributed by atoms with Crippen LogP contribution in [-0.2, 0) is 6.54 Å². The van der Waals surface area contributed by atoms with E-state index in [2.05, 4.69) is 47.8 Å². The predicted molar refractivity (Wildman–Crippen MR) is 84.7 cm³/mol. The second-order valence-corrected chi connectivity index (χ2v) is 6.69. The van der Waals surface area contributed by atoms with E-state index in [-0.39, 0.29) is 0 Å². The summed E-state index contributed by atoms with van der Waals surface area (Å²) < 4.78 is 0. The Balaban J connectivity index is 2.02. The fourth-order valence-corrected chi connectivity index (χ4v) is 3.73. The van der Waals surface area contributed by atoms with Gasteiger partial charge in [0.2, 0.25) is 0 Å². The van der Waals surface area contributed by atoms with Crippen molar-refractivity contribution in [3.63, 3.8) is 0 Å². The molecule has 0 spiro atoms. The Labute approximate surface area is 122 Å². The molecule has 3 atom stereocenters. The highest BCUT2D eigenvalue weighted by Crippen LogP contribution is 2.22. The molecule has 1 aromatic heterocycles. The summed E-state index contributed by atoms with van der Waals surface area (Å²) in [6.45, 7) is 10.5. The zero-order valence-corrected chi connectivity index (χ0v) is 13.4. The summed E-state index contributed by atoms with van der Waals surface area (Å²) in [6, 6.07) is 3.65. The van der Waals surface area contributed by atoms with Gasteiger partial charge in [-0.15, -0.1) is 0 Å². The maximum Gasteiger partial charge on any atom is 0.0250 e. The van der Waals surface area contributed by atoms with E-state index in [4.69, 9.17) is 0 Å². The molecule has 0 radical (unpaired) electrons. The number of rotatable bonds is 6. The lowest BCUT2D eigenvalue weighted by Gasteiger charge is -2.43. The van der Waals surface area contributed by atoms with Crippen molar-refractivity contribution < 1.29 is 0 Å². The van der Waals surface area contributed by atoms with Crippen molar-refractivity contribution in [2.24, 2.45) is 5.92 Å². The van der Waals surface area contributed by atoms with E-state index in [0.29, 0.717) is 12.1 Å². The van der Waals surface area contributed by atoms with Crippen molar-refractivity contribution in [3.05, 3.63) is 22.4 Å². The molecule has 108 valence electrons. The van der Waals surface area contributed by atoms with E-state index in [9.17, 15) is 0 Å². The molecule has 1 aliphatic heterocycles. The van der Waals surface area contributed by atoms with Crippen molar-refractivity contribution in [1.82, 2.24) is 10.2 Å². The Morgan fingerprint density at radius 3 is 2.95 bits per heavy atom. The molecule has 19 heavy (non-hydrogen) atoms. The largest absolute Gasteiger partial charge is 0.311 e. The summed E-state index contributed by atoms with van der Waals surface area (Å²) in [6.07, 6.45) is 3.84. The zero-order valence-electron chi connectivity index (χ0n) is 12.6. The molecular formula is C16H28N2S. The van der Waals surface area contributed by atoms with Crippen LogP contribution in [0.25, 0.3) is 0 Å². The molecule has 2 rings (SSSR count). The van der Waals surface area contributed by atoms with E-state index in [1.54, 1.807) is 0 Å². The van der Waals surface area contributed by atoms with E-state index in [1.165, 1.54) is 31.4 Å². The third kappa shape index (κ3) is 4.04. The molecule has 0 bridgehead atoms. The number of hydrogen-bond donors (Lipinski definition) is 1. The van der Waals surface area contributed by atoms with Gasteiger partial charge in [0, 0.05) is 31.7 Å². The maximum atomic E-state index is 3.76. The van der Waals surface area contributed by atoms with Crippen LogP contribution in [0.15, 0.2) is 16.8 Å². The SMILES string of the molecule is CCCC1CN(Cc2ccsc2)C(C(C)CC)CN1. The molecule has 3 unspecified atom stereocenters. The van der Waals surface area contributed by atoms with Crippen molar-refractivity contribution in [2.75, 3.05) is 13.1 Å². The standard InChI is InChI=1S/C16H28N2S/c1-4-6-15-11-18(10-14-7-8-19-12-14)16(9-17-15)13(3)5-2/h7-8,12-13,15-17H,4-6,9-11H2,1-3H3. The first-order valence-corrected chi connectivity index (χ1v) is 8.67. The Morgan fingerprint density at radius 1 is 1.47 bits per heavy atom. The molecular weight excluding hydrogens is 252 g/mol. The van der Waals surface area contributed by atoms with Gasteiger partial charge in [0.25, 0.3) is 0 Å². The van der Waals surface area contributed by atoms with Crippen LogP contribution < -0.4 is 5.32 Å². The minimum absolute atomic E-state index is 0.684. The van der Waals surface area contributed by atoms with Crippen LogP contribution in [0.5, 0.6) is 0 Å². The highest BCUT2D eigenvalue weighted by molar-refractivity contribution is 7.07. The summed E-state index contributed by atoms with van der Waals surface area (Å²) in [5.41, 5.74) is 1.48. The third-order valence-electron chi connectivity index (χ3n) is 4.44. The maximum absolute atomic E-state index is 3.76.